The van der Waals surface area contributed by atoms with Crippen molar-refractivity contribution in [1.82, 2.24) is 0 Å². The molecule has 0 aromatic heterocycles. The third kappa shape index (κ3) is 3.97. The predicted octanol–water partition coefficient (Wildman–Crippen LogP) is 2.38. The molecular weight excluding hydrogens is 254 g/mol. The lowest BCUT2D eigenvalue weighted by Gasteiger charge is -2.29. The summed E-state index contributed by atoms with van der Waals surface area (Å²) in [4.78, 5) is 12.0. The number of aromatic hydroxyl groups is 1. The minimum absolute atomic E-state index is 0.0158. The summed E-state index contributed by atoms with van der Waals surface area (Å²) in [7, 11) is 0. The van der Waals surface area contributed by atoms with E-state index in [2.05, 4.69) is 6.92 Å². The first-order chi connectivity index (χ1) is 9.56. The summed E-state index contributed by atoms with van der Waals surface area (Å²) in [5.41, 5.74) is 6.83. The van der Waals surface area contributed by atoms with Crippen molar-refractivity contribution in [2.75, 3.05) is 0 Å². The summed E-state index contributed by atoms with van der Waals surface area (Å²) in [6.07, 6.45) is 4.84. The smallest absolute Gasteiger partial charge is 0.323 e. The largest absolute Gasteiger partial charge is 0.508 e. The Balaban J connectivity index is 1.86. The number of nitrogens with two attached hydrogens (primary N) is 1. The highest BCUT2D eigenvalue weighted by Gasteiger charge is 2.27. The number of phenols is 1. The fourth-order valence-corrected chi connectivity index (χ4v) is 2.66. The predicted molar refractivity (Wildman–Crippen MR) is 77.3 cm³/mol. The van der Waals surface area contributed by atoms with Crippen LogP contribution in [0.2, 0.25) is 0 Å². The topological polar surface area (TPSA) is 72.5 Å². The van der Waals surface area contributed by atoms with Gasteiger partial charge in [-0.2, -0.15) is 0 Å². The zero-order valence-electron chi connectivity index (χ0n) is 11.9. The van der Waals surface area contributed by atoms with Crippen LogP contribution >= 0.6 is 0 Å². The van der Waals surface area contributed by atoms with Crippen molar-refractivity contribution >= 4 is 5.97 Å². The number of carbonyl (C=O) groups is 1. The average molecular weight is 277 g/mol. The van der Waals surface area contributed by atoms with Crippen LogP contribution in [0.15, 0.2) is 24.3 Å². The van der Waals surface area contributed by atoms with Crippen molar-refractivity contribution in [2.24, 2.45) is 11.7 Å². The molecule has 1 saturated carbocycles. The van der Waals surface area contributed by atoms with Crippen LogP contribution in [0.5, 0.6) is 5.75 Å². The van der Waals surface area contributed by atoms with Crippen LogP contribution in [0.1, 0.15) is 38.2 Å². The average Bonchev–Trinajstić information content (AvgIpc) is 2.44. The number of benzene rings is 1. The van der Waals surface area contributed by atoms with Crippen LogP contribution in [-0.4, -0.2) is 23.2 Å². The molecule has 1 aliphatic carbocycles. The maximum absolute atomic E-state index is 12.0. The van der Waals surface area contributed by atoms with E-state index in [1.807, 2.05) is 0 Å². The molecule has 1 aliphatic rings. The maximum atomic E-state index is 12.0. The molecule has 20 heavy (non-hydrogen) atoms. The van der Waals surface area contributed by atoms with E-state index in [0.717, 1.165) is 24.8 Å². The van der Waals surface area contributed by atoms with E-state index >= 15 is 0 Å². The molecule has 1 fully saturated rings. The second kappa shape index (κ2) is 6.75. The summed E-state index contributed by atoms with van der Waals surface area (Å²) >= 11 is 0. The van der Waals surface area contributed by atoms with Crippen LogP contribution in [0.3, 0.4) is 0 Å². The van der Waals surface area contributed by atoms with Gasteiger partial charge in [-0.15, -0.1) is 0 Å². The lowest BCUT2D eigenvalue weighted by molar-refractivity contribution is -0.154. The second-order valence-electron chi connectivity index (χ2n) is 5.71. The molecule has 0 saturated heterocycles. The van der Waals surface area contributed by atoms with Gasteiger partial charge in [-0.1, -0.05) is 25.5 Å². The number of carbonyl (C=O) groups excluding carboxylic acids is 1. The Labute approximate surface area is 119 Å². The van der Waals surface area contributed by atoms with Gasteiger partial charge in [-0.25, -0.2) is 0 Å². The molecule has 110 valence electrons. The van der Waals surface area contributed by atoms with Gasteiger partial charge < -0.3 is 15.6 Å². The molecule has 0 aliphatic heterocycles. The number of hydrogen-bond donors (Lipinski definition) is 2. The zero-order valence-corrected chi connectivity index (χ0v) is 11.9. The molecule has 1 aromatic carbocycles. The molecule has 0 amide bonds. The van der Waals surface area contributed by atoms with Crippen molar-refractivity contribution in [2.45, 2.75) is 51.2 Å². The van der Waals surface area contributed by atoms with Gasteiger partial charge in [-0.05, 0) is 49.3 Å². The molecule has 1 aromatic rings. The van der Waals surface area contributed by atoms with Crippen molar-refractivity contribution in [3.8, 4) is 5.75 Å². The van der Waals surface area contributed by atoms with Gasteiger partial charge >= 0.3 is 5.97 Å². The molecule has 0 bridgehead atoms. The lowest BCUT2D eigenvalue weighted by Crippen LogP contribution is -2.39. The number of phenolic OH excluding ortho intramolecular Hbond substituents is 1. The SMILES string of the molecule is CC1CCCCC1OC(=O)[C@@H](N)Cc1ccc(O)cc1. The third-order valence-corrected chi connectivity index (χ3v) is 4.00. The summed E-state index contributed by atoms with van der Waals surface area (Å²) in [6.45, 7) is 2.13. The molecule has 4 nitrogen and oxygen atoms in total. The Hall–Kier alpha value is -1.55. The maximum Gasteiger partial charge on any atom is 0.323 e. The number of hydrogen-bond acceptors (Lipinski definition) is 4. The number of rotatable bonds is 4. The van der Waals surface area contributed by atoms with Gasteiger partial charge in [0.25, 0.3) is 0 Å². The molecule has 0 spiro atoms. The van der Waals surface area contributed by atoms with Gasteiger partial charge in [0.05, 0.1) is 0 Å². The molecular formula is C16H23NO3. The summed E-state index contributed by atoms with van der Waals surface area (Å²) in [5.74, 6) is 0.311. The van der Waals surface area contributed by atoms with Crippen molar-refractivity contribution in [3.05, 3.63) is 29.8 Å². The minimum atomic E-state index is -0.645. The third-order valence-electron chi connectivity index (χ3n) is 4.00. The highest BCUT2D eigenvalue weighted by atomic mass is 16.5. The normalized spacial score (nSPS) is 24.1. The van der Waals surface area contributed by atoms with E-state index in [0.29, 0.717) is 12.3 Å². The fraction of sp³-hybridized carbons (Fsp3) is 0.562. The lowest BCUT2D eigenvalue weighted by atomic mass is 9.88. The molecule has 0 heterocycles. The molecule has 3 atom stereocenters. The summed E-state index contributed by atoms with van der Waals surface area (Å²) in [5, 5.41) is 9.22. The number of esters is 1. The zero-order chi connectivity index (χ0) is 14.5. The first-order valence-corrected chi connectivity index (χ1v) is 7.30. The van der Waals surface area contributed by atoms with E-state index in [4.69, 9.17) is 10.5 Å². The van der Waals surface area contributed by atoms with Crippen molar-refractivity contribution in [1.29, 1.82) is 0 Å². The Morgan fingerprint density at radius 2 is 2.00 bits per heavy atom. The second-order valence-corrected chi connectivity index (χ2v) is 5.71. The Morgan fingerprint density at radius 3 is 2.65 bits per heavy atom. The van der Waals surface area contributed by atoms with Crippen LogP contribution in [0, 0.1) is 5.92 Å². The van der Waals surface area contributed by atoms with E-state index in [9.17, 15) is 9.90 Å². The Bertz CT molecular complexity index is 444. The quantitative estimate of drug-likeness (QED) is 0.829. The Kier molecular flexibility index (Phi) is 5.01. The van der Waals surface area contributed by atoms with E-state index in [1.165, 1.54) is 6.42 Å². The van der Waals surface area contributed by atoms with Gasteiger partial charge in [-0.3, -0.25) is 4.79 Å². The first kappa shape index (κ1) is 14.9. The van der Waals surface area contributed by atoms with Crippen LogP contribution < -0.4 is 5.73 Å². The van der Waals surface area contributed by atoms with Crippen molar-refractivity contribution < 1.29 is 14.6 Å². The highest BCUT2D eigenvalue weighted by molar-refractivity contribution is 5.76. The van der Waals surface area contributed by atoms with Gasteiger partial charge in [0.2, 0.25) is 0 Å². The van der Waals surface area contributed by atoms with E-state index in [-0.39, 0.29) is 17.8 Å². The highest BCUT2D eigenvalue weighted by Crippen LogP contribution is 2.26. The van der Waals surface area contributed by atoms with Gasteiger partial charge in [0.1, 0.15) is 17.9 Å². The molecule has 0 radical (unpaired) electrons. The van der Waals surface area contributed by atoms with Gasteiger partial charge in [0, 0.05) is 0 Å². The molecule has 3 N–H and O–H groups in total. The van der Waals surface area contributed by atoms with E-state index in [1.54, 1.807) is 24.3 Å². The van der Waals surface area contributed by atoms with Crippen LogP contribution in [0.25, 0.3) is 0 Å². The van der Waals surface area contributed by atoms with Crippen LogP contribution in [-0.2, 0) is 16.0 Å². The molecule has 2 unspecified atom stereocenters. The summed E-state index contributed by atoms with van der Waals surface area (Å²) in [6, 6.07) is 6.08. The van der Waals surface area contributed by atoms with Crippen molar-refractivity contribution in [3.63, 3.8) is 0 Å². The molecule has 2 rings (SSSR count). The first-order valence-electron chi connectivity index (χ1n) is 7.30. The van der Waals surface area contributed by atoms with Crippen LogP contribution in [0.4, 0.5) is 0 Å². The summed E-state index contributed by atoms with van der Waals surface area (Å²) < 4.78 is 5.55. The minimum Gasteiger partial charge on any atom is -0.508 e. The Morgan fingerprint density at radius 1 is 1.35 bits per heavy atom. The number of ether oxygens (including phenoxy) is 1. The van der Waals surface area contributed by atoms with Gasteiger partial charge in [0.15, 0.2) is 0 Å². The van der Waals surface area contributed by atoms with E-state index < -0.39 is 6.04 Å². The monoisotopic (exact) mass is 277 g/mol. The standard InChI is InChI=1S/C16H23NO3/c1-11-4-2-3-5-15(11)20-16(19)14(17)10-12-6-8-13(18)9-7-12/h6-9,11,14-15,18H,2-5,10,17H2,1H3/t11?,14-,15?/m0/s1. The fourth-order valence-electron chi connectivity index (χ4n) is 2.66. The molecule has 4 heteroatoms.